The quantitative estimate of drug-likeness (QED) is 0.176. The molecule has 4 aromatic carbocycles. The standard InChI is InChI=1S/C18H17ClN2O3S.C18H18N2O3S/c1-2-21-17-6-4-3-5-15(17)20-16(18(21)22)12-25(23,24)11-13-7-9-14(19)10-8-13;1-2-20-17-11-7-6-10-15(17)19-16(18(20)21)13-24(22,23)12-14-8-4-3-5-9-14/h3-10H,2,11-12H2,1H3;3-11H,2,12-13H2,1H3. The van der Waals surface area contributed by atoms with Gasteiger partial charge >= 0.3 is 0 Å². The maximum atomic E-state index is 12.6. The van der Waals surface area contributed by atoms with Crippen LogP contribution in [0.15, 0.2) is 113 Å². The maximum absolute atomic E-state index is 12.6. The molecule has 10 nitrogen and oxygen atoms in total. The summed E-state index contributed by atoms with van der Waals surface area (Å²) in [6, 6.07) is 30.0. The highest BCUT2D eigenvalue weighted by Crippen LogP contribution is 2.17. The summed E-state index contributed by atoms with van der Waals surface area (Å²) in [6.07, 6.45) is 0. The molecule has 13 heteroatoms. The van der Waals surface area contributed by atoms with E-state index in [4.69, 9.17) is 11.6 Å². The first-order chi connectivity index (χ1) is 23.4. The molecule has 254 valence electrons. The third kappa shape index (κ3) is 8.88. The summed E-state index contributed by atoms with van der Waals surface area (Å²) in [5, 5.41) is 0.545. The average Bonchev–Trinajstić information content (AvgIpc) is 3.07. The van der Waals surface area contributed by atoms with Crippen molar-refractivity contribution in [3.8, 4) is 0 Å². The molecule has 49 heavy (non-hydrogen) atoms. The third-order valence-electron chi connectivity index (χ3n) is 7.71. The molecule has 0 aliphatic rings. The number of hydrogen-bond donors (Lipinski definition) is 0. The minimum atomic E-state index is -3.54. The Morgan fingerprint density at radius 1 is 0.531 bits per heavy atom. The molecule has 0 spiro atoms. The van der Waals surface area contributed by atoms with E-state index in [1.54, 1.807) is 75.9 Å². The van der Waals surface area contributed by atoms with Gasteiger partial charge in [-0.1, -0.05) is 78.3 Å². The highest BCUT2D eigenvalue weighted by atomic mass is 35.5. The molecule has 0 aliphatic heterocycles. The van der Waals surface area contributed by atoms with Crippen molar-refractivity contribution in [2.75, 3.05) is 0 Å². The highest BCUT2D eigenvalue weighted by Gasteiger charge is 2.20. The van der Waals surface area contributed by atoms with Gasteiger partial charge in [-0.15, -0.1) is 0 Å². The average molecular weight is 719 g/mol. The molecule has 6 rings (SSSR count). The second-order valence-corrected chi connectivity index (χ2v) is 15.9. The van der Waals surface area contributed by atoms with Gasteiger partial charge in [0.2, 0.25) is 0 Å². The van der Waals surface area contributed by atoms with Crippen LogP contribution in [0.3, 0.4) is 0 Å². The van der Waals surface area contributed by atoms with Crippen molar-refractivity contribution in [1.82, 2.24) is 19.1 Å². The molecule has 0 radical (unpaired) electrons. The van der Waals surface area contributed by atoms with E-state index in [9.17, 15) is 26.4 Å². The summed E-state index contributed by atoms with van der Waals surface area (Å²) in [6.45, 7) is 4.62. The molecule has 6 aromatic rings. The molecule has 0 unspecified atom stereocenters. The van der Waals surface area contributed by atoms with E-state index in [1.165, 1.54) is 0 Å². The Morgan fingerprint density at radius 2 is 0.918 bits per heavy atom. The molecule has 0 bridgehead atoms. The molecular formula is C36H35ClN4O6S2. The summed E-state index contributed by atoms with van der Waals surface area (Å²) in [4.78, 5) is 33.8. The summed E-state index contributed by atoms with van der Waals surface area (Å²) >= 11 is 5.82. The van der Waals surface area contributed by atoms with Crippen molar-refractivity contribution in [2.45, 2.75) is 49.9 Å². The van der Waals surface area contributed by atoms with Gasteiger partial charge < -0.3 is 9.13 Å². The zero-order valence-corrected chi connectivity index (χ0v) is 29.4. The summed E-state index contributed by atoms with van der Waals surface area (Å²) in [5.74, 6) is -1.01. The molecular weight excluding hydrogens is 684 g/mol. The van der Waals surface area contributed by atoms with Crippen LogP contribution in [0.1, 0.15) is 36.4 Å². The summed E-state index contributed by atoms with van der Waals surface area (Å²) < 4.78 is 53.1. The van der Waals surface area contributed by atoms with E-state index in [0.717, 1.165) is 0 Å². The van der Waals surface area contributed by atoms with Gasteiger partial charge in [-0.05, 0) is 61.4 Å². The lowest BCUT2D eigenvalue weighted by atomic mass is 10.2. The summed E-state index contributed by atoms with van der Waals surface area (Å²) in [7, 11) is -7.02. The van der Waals surface area contributed by atoms with E-state index in [0.29, 0.717) is 51.3 Å². The topological polar surface area (TPSA) is 138 Å². The van der Waals surface area contributed by atoms with Gasteiger partial charge in [-0.3, -0.25) is 9.59 Å². The van der Waals surface area contributed by atoms with Crippen LogP contribution in [0.4, 0.5) is 0 Å². The fourth-order valence-electron chi connectivity index (χ4n) is 5.49. The van der Waals surface area contributed by atoms with Gasteiger partial charge in [0.05, 0.1) is 45.1 Å². The highest BCUT2D eigenvalue weighted by molar-refractivity contribution is 7.90. The van der Waals surface area contributed by atoms with Gasteiger partial charge in [0.15, 0.2) is 19.7 Å². The molecule has 0 amide bonds. The normalized spacial score (nSPS) is 11.7. The Bertz CT molecular complexity index is 2450. The van der Waals surface area contributed by atoms with Gasteiger partial charge in [-0.25, -0.2) is 26.8 Å². The number of fused-ring (bicyclic) bond motifs is 2. The predicted octanol–water partition coefficient (Wildman–Crippen LogP) is 5.72. The van der Waals surface area contributed by atoms with E-state index in [1.807, 2.05) is 50.2 Å². The lowest BCUT2D eigenvalue weighted by molar-refractivity contribution is 0.591. The Morgan fingerprint density at radius 3 is 1.35 bits per heavy atom. The van der Waals surface area contributed by atoms with Gasteiger partial charge in [-0.2, -0.15) is 0 Å². The van der Waals surface area contributed by atoms with Crippen molar-refractivity contribution in [2.24, 2.45) is 0 Å². The minimum absolute atomic E-state index is 0.0505. The first-order valence-electron chi connectivity index (χ1n) is 15.6. The van der Waals surface area contributed by atoms with Gasteiger partial charge in [0.1, 0.15) is 11.4 Å². The van der Waals surface area contributed by atoms with Crippen LogP contribution in [0.2, 0.25) is 5.02 Å². The predicted molar refractivity (Wildman–Crippen MR) is 194 cm³/mol. The molecule has 0 N–H and O–H groups in total. The van der Waals surface area contributed by atoms with Crippen LogP contribution >= 0.6 is 11.6 Å². The number of para-hydroxylation sites is 4. The van der Waals surface area contributed by atoms with E-state index >= 15 is 0 Å². The van der Waals surface area contributed by atoms with Crippen molar-refractivity contribution in [3.05, 3.63) is 151 Å². The summed E-state index contributed by atoms with van der Waals surface area (Å²) in [5.41, 5.74) is 3.41. The molecule has 2 aromatic heterocycles. The Hall–Kier alpha value is -4.65. The van der Waals surface area contributed by atoms with Crippen molar-refractivity contribution in [3.63, 3.8) is 0 Å². The number of benzene rings is 4. The Kier molecular flexibility index (Phi) is 11.1. The monoisotopic (exact) mass is 718 g/mol. The van der Waals surface area contributed by atoms with Crippen LogP contribution in [0.5, 0.6) is 0 Å². The van der Waals surface area contributed by atoms with Crippen molar-refractivity contribution >= 4 is 53.3 Å². The van der Waals surface area contributed by atoms with Crippen molar-refractivity contribution in [1.29, 1.82) is 0 Å². The largest absolute Gasteiger partial charge is 0.305 e. The van der Waals surface area contributed by atoms with Crippen LogP contribution in [-0.2, 0) is 55.8 Å². The third-order valence-corrected chi connectivity index (χ3v) is 10.9. The number of nitrogens with zero attached hydrogens (tertiary/aromatic N) is 4. The molecule has 0 saturated carbocycles. The Balaban J connectivity index is 0.000000191. The molecule has 2 heterocycles. The number of sulfone groups is 2. The SMILES string of the molecule is CCn1c(=O)c(CS(=O)(=O)Cc2ccc(Cl)cc2)nc2ccccc21.CCn1c(=O)c(CS(=O)(=O)Cc2ccccc2)nc2ccccc21. The number of aryl methyl sites for hydroxylation is 2. The number of hydrogen-bond acceptors (Lipinski definition) is 8. The molecule has 0 atom stereocenters. The lowest BCUT2D eigenvalue weighted by Gasteiger charge is -2.10. The van der Waals surface area contributed by atoms with Crippen LogP contribution in [0.25, 0.3) is 22.1 Å². The fraction of sp³-hybridized carbons (Fsp3) is 0.222. The van der Waals surface area contributed by atoms with E-state index in [2.05, 4.69) is 9.97 Å². The van der Waals surface area contributed by atoms with Crippen LogP contribution < -0.4 is 11.1 Å². The first kappa shape index (κ1) is 35.7. The van der Waals surface area contributed by atoms with E-state index < -0.39 is 19.7 Å². The maximum Gasteiger partial charge on any atom is 0.273 e. The number of halogens is 1. The molecule has 0 saturated heterocycles. The van der Waals surface area contributed by atoms with E-state index in [-0.39, 0.29) is 45.5 Å². The van der Waals surface area contributed by atoms with Crippen LogP contribution in [0, 0.1) is 0 Å². The number of aromatic nitrogens is 4. The molecule has 0 aliphatic carbocycles. The second-order valence-electron chi connectivity index (χ2n) is 11.4. The lowest BCUT2D eigenvalue weighted by Crippen LogP contribution is -2.27. The van der Waals surface area contributed by atoms with Gasteiger partial charge in [0.25, 0.3) is 11.1 Å². The smallest absolute Gasteiger partial charge is 0.273 e. The zero-order chi connectivity index (χ0) is 35.2. The van der Waals surface area contributed by atoms with Crippen LogP contribution in [-0.4, -0.2) is 35.9 Å². The molecule has 0 fully saturated rings. The first-order valence-corrected chi connectivity index (χ1v) is 19.6. The van der Waals surface area contributed by atoms with Crippen molar-refractivity contribution < 1.29 is 16.8 Å². The number of rotatable bonds is 10. The fourth-order valence-corrected chi connectivity index (χ4v) is 8.43. The minimum Gasteiger partial charge on any atom is -0.305 e. The Labute approximate surface area is 289 Å². The second kappa shape index (κ2) is 15.3. The zero-order valence-electron chi connectivity index (χ0n) is 27.0. The van der Waals surface area contributed by atoms with Gasteiger partial charge in [0, 0.05) is 18.1 Å².